The topological polar surface area (TPSA) is 37.3 Å². The minimum atomic E-state index is -0.741. The minimum Gasteiger partial charge on any atom is -0.481 e. The van der Waals surface area contributed by atoms with Crippen molar-refractivity contribution in [3.63, 3.8) is 0 Å². The van der Waals surface area contributed by atoms with E-state index in [0.717, 1.165) is 0 Å². The summed E-state index contributed by atoms with van der Waals surface area (Å²) in [6.07, 6.45) is 18.9. The molecule has 0 saturated heterocycles. The Hall–Kier alpha value is -0.530. The minimum absolute atomic E-state index is 0.231. The molecule has 0 amide bonds. The van der Waals surface area contributed by atoms with E-state index >= 15 is 0 Å². The van der Waals surface area contributed by atoms with E-state index in [4.69, 9.17) is 5.11 Å². The number of carboxylic acid groups (broad SMARTS) is 1. The third-order valence-electron chi connectivity index (χ3n) is 3.70. The zero-order chi connectivity index (χ0) is 16.3. The van der Waals surface area contributed by atoms with Crippen molar-refractivity contribution in [2.75, 3.05) is 0 Å². The third-order valence-corrected chi connectivity index (χ3v) is 3.70. The van der Waals surface area contributed by atoms with Gasteiger partial charge in [-0.2, -0.15) is 0 Å². The van der Waals surface area contributed by atoms with Crippen molar-refractivity contribution in [3.05, 3.63) is 0 Å². The zero-order valence-corrected chi connectivity index (χ0v) is 15.1. The average molecular weight is 301 g/mol. The van der Waals surface area contributed by atoms with E-state index in [1.54, 1.807) is 13.8 Å². The number of aliphatic carboxylic acids is 1. The van der Waals surface area contributed by atoms with Crippen LogP contribution in [0.4, 0.5) is 0 Å². The Labute approximate surface area is 133 Å². The second kappa shape index (κ2) is 19.5. The molecule has 0 spiro atoms. The Morgan fingerprint density at radius 1 is 0.667 bits per heavy atom. The van der Waals surface area contributed by atoms with Crippen molar-refractivity contribution < 1.29 is 9.90 Å². The SMILES string of the molecule is CC(C)C(=O)O.CCCCCCCCCCCCCCC. The Morgan fingerprint density at radius 2 is 0.857 bits per heavy atom. The molecule has 2 nitrogen and oxygen atoms in total. The summed E-state index contributed by atoms with van der Waals surface area (Å²) >= 11 is 0. The summed E-state index contributed by atoms with van der Waals surface area (Å²) in [6.45, 7) is 7.86. The van der Waals surface area contributed by atoms with E-state index in [9.17, 15) is 4.79 Å². The normalized spacial score (nSPS) is 10.3. The first kappa shape index (κ1) is 22.7. The number of rotatable bonds is 13. The van der Waals surface area contributed by atoms with Gasteiger partial charge in [-0.3, -0.25) is 4.79 Å². The first-order valence-corrected chi connectivity index (χ1v) is 9.29. The molecule has 0 atom stereocenters. The maximum absolute atomic E-state index is 9.70. The highest BCUT2D eigenvalue weighted by molar-refractivity contribution is 5.68. The summed E-state index contributed by atoms with van der Waals surface area (Å²) in [6, 6.07) is 0. The Bertz CT molecular complexity index is 188. The first-order chi connectivity index (χ1) is 10.1. The Morgan fingerprint density at radius 3 is 1.00 bits per heavy atom. The molecule has 0 radical (unpaired) electrons. The number of carbonyl (C=O) groups is 1. The maximum atomic E-state index is 9.70. The molecular formula is C19H40O2. The summed E-state index contributed by atoms with van der Waals surface area (Å²) < 4.78 is 0. The van der Waals surface area contributed by atoms with E-state index in [0.29, 0.717) is 0 Å². The van der Waals surface area contributed by atoms with Crippen LogP contribution < -0.4 is 0 Å². The van der Waals surface area contributed by atoms with E-state index in [-0.39, 0.29) is 5.92 Å². The van der Waals surface area contributed by atoms with Crippen LogP contribution in [0.15, 0.2) is 0 Å². The Kier molecular flexibility index (Phi) is 21.1. The highest BCUT2D eigenvalue weighted by Gasteiger charge is 1.99. The van der Waals surface area contributed by atoms with E-state index < -0.39 is 5.97 Å². The zero-order valence-electron chi connectivity index (χ0n) is 15.1. The maximum Gasteiger partial charge on any atom is 0.305 e. The van der Waals surface area contributed by atoms with Crippen LogP contribution in [0.2, 0.25) is 0 Å². The van der Waals surface area contributed by atoms with E-state index in [1.165, 1.54) is 83.5 Å². The van der Waals surface area contributed by atoms with Gasteiger partial charge < -0.3 is 5.11 Å². The average Bonchev–Trinajstić information content (AvgIpc) is 2.45. The smallest absolute Gasteiger partial charge is 0.305 e. The number of hydrogen-bond acceptors (Lipinski definition) is 1. The van der Waals surface area contributed by atoms with Crippen molar-refractivity contribution in [2.24, 2.45) is 5.92 Å². The van der Waals surface area contributed by atoms with Gasteiger partial charge in [-0.15, -0.1) is 0 Å². The van der Waals surface area contributed by atoms with Crippen LogP contribution in [0.3, 0.4) is 0 Å². The molecule has 0 bridgehead atoms. The molecule has 0 heterocycles. The van der Waals surface area contributed by atoms with E-state index in [2.05, 4.69) is 13.8 Å². The predicted molar refractivity (Wildman–Crippen MR) is 93.8 cm³/mol. The fourth-order valence-corrected chi connectivity index (χ4v) is 2.09. The molecule has 0 aromatic carbocycles. The molecule has 0 aliphatic carbocycles. The molecule has 0 fully saturated rings. The fraction of sp³-hybridized carbons (Fsp3) is 0.947. The highest BCUT2D eigenvalue weighted by atomic mass is 16.4. The predicted octanol–water partition coefficient (Wildman–Crippen LogP) is 6.82. The lowest BCUT2D eigenvalue weighted by Crippen LogP contribution is -2.03. The van der Waals surface area contributed by atoms with Gasteiger partial charge in [0.15, 0.2) is 0 Å². The molecule has 0 aliphatic rings. The largest absolute Gasteiger partial charge is 0.481 e. The molecule has 0 aliphatic heterocycles. The molecule has 0 aromatic heterocycles. The molecule has 21 heavy (non-hydrogen) atoms. The number of unbranched alkanes of at least 4 members (excludes halogenated alkanes) is 12. The van der Waals surface area contributed by atoms with Gasteiger partial charge in [-0.25, -0.2) is 0 Å². The van der Waals surface area contributed by atoms with Crippen LogP contribution in [0.5, 0.6) is 0 Å². The summed E-state index contributed by atoms with van der Waals surface area (Å²) in [5.74, 6) is -0.972. The highest BCUT2D eigenvalue weighted by Crippen LogP contribution is 2.12. The number of carboxylic acids is 1. The van der Waals surface area contributed by atoms with Crippen molar-refractivity contribution in [1.82, 2.24) is 0 Å². The lowest BCUT2D eigenvalue weighted by Gasteiger charge is -2.01. The van der Waals surface area contributed by atoms with Crippen molar-refractivity contribution >= 4 is 5.97 Å². The molecule has 0 rings (SSSR count). The van der Waals surface area contributed by atoms with Gasteiger partial charge in [0, 0.05) is 0 Å². The Balaban J connectivity index is 0. The standard InChI is InChI=1S/C15H32.C4H8O2/c1-3-5-7-9-11-13-15-14-12-10-8-6-4-2;1-3(2)4(5)6/h3-15H2,1-2H3;3H,1-2H3,(H,5,6). The van der Waals surface area contributed by atoms with Gasteiger partial charge in [0.05, 0.1) is 5.92 Å². The first-order valence-electron chi connectivity index (χ1n) is 9.29. The number of hydrogen-bond donors (Lipinski definition) is 1. The van der Waals surface area contributed by atoms with Crippen LogP contribution >= 0.6 is 0 Å². The second-order valence-corrected chi connectivity index (χ2v) is 6.38. The van der Waals surface area contributed by atoms with Crippen LogP contribution in [-0.4, -0.2) is 11.1 Å². The second-order valence-electron chi connectivity index (χ2n) is 6.38. The van der Waals surface area contributed by atoms with Crippen LogP contribution in [0.1, 0.15) is 111 Å². The van der Waals surface area contributed by atoms with Gasteiger partial charge in [0.25, 0.3) is 0 Å². The van der Waals surface area contributed by atoms with Gasteiger partial charge in [0.1, 0.15) is 0 Å². The quantitative estimate of drug-likeness (QED) is 0.379. The van der Waals surface area contributed by atoms with Crippen LogP contribution in [0, 0.1) is 5.92 Å². The summed E-state index contributed by atoms with van der Waals surface area (Å²) in [5.41, 5.74) is 0. The molecule has 0 aromatic rings. The van der Waals surface area contributed by atoms with Gasteiger partial charge in [0.2, 0.25) is 0 Å². The summed E-state index contributed by atoms with van der Waals surface area (Å²) in [4.78, 5) is 9.70. The monoisotopic (exact) mass is 300 g/mol. The van der Waals surface area contributed by atoms with Crippen molar-refractivity contribution in [1.29, 1.82) is 0 Å². The molecule has 0 unspecified atom stereocenters. The van der Waals surface area contributed by atoms with Gasteiger partial charge in [-0.1, -0.05) is 111 Å². The molecule has 0 saturated carbocycles. The van der Waals surface area contributed by atoms with Gasteiger partial charge >= 0.3 is 5.97 Å². The lowest BCUT2D eigenvalue weighted by atomic mass is 10.1. The van der Waals surface area contributed by atoms with Gasteiger partial charge in [-0.05, 0) is 0 Å². The van der Waals surface area contributed by atoms with Crippen LogP contribution in [0.25, 0.3) is 0 Å². The van der Waals surface area contributed by atoms with Crippen molar-refractivity contribution in [2.45, 2.75) is 111 Å². The molecule has 2 heteroatoms. The lowest BCUT2D eigenvalue weighted by molar-refractivity contribution is -0.140. The van der Waals surface area contributed by atoms with E-state index in [1.807, 2.05) is 0 Å². The summed E-state index contributed by atoms with van der Waals surface area (Å²) in [5, 5.41) is 7.99. The third kappa shape index (κ3) is 24.8. The fourth-order valence-electron chi connectivity index (χ4n) is 2.09. The van der Waals surface area contributed by atoms with Crippen molar-refractivity contribution in [3.8, 4) is 0 Å². The molecular weight excluding hydrogens is 260 g/mol. The summed E-state index contributed by atoms with van der Waals surface area (Å²) in [7, 11) is 0. The van der Waals surface area contributed by atoms with Crippen LogP contribution in [-0.2, 0) is 4.79 Å². The molecule has 1 N–H and O–H groups in total. The molecule has 128 valence electrons.